The molecule has 1 rings (SSSR count). The molecule has 0 fully saturated rings. The number of hydrogen-bond donors (Lipinski definition) is 1. The second kappa shape index (κ2) is 4.77. The molecule has 0 bridgehead atoms. The van der Waals surface area contributed by atoms with E-state index in [2.05, 4.69) is 4.98 Å². The van der Waals surface area contributed by atoms with Gasteiger partial charge in [0.05, 0.1) is 13.0 Å². The summed E-state index contributed by atoms with van der Waals surface area (Å²) in [7, 11) is 1.59. The molecule has 0 aliphatic carbocycles. The Bertz CT molecular complexity index is 363. The Morgan fingerprint density at radius 1 is 1.67 bits per heavy atom. The van der Waals surface area contributed by atoms with Crippen molar-refractivity contribution in [2.24, 2.45) is 5.92 Å². The van der Waals surface area contributed by atoms with Gasteiger partial charge in [-0.15, -0.1) is 0 Å². The summed E-state index contributed by atoms with van der Waals surface area (Å²) in [5.41, 5.74) is 1.69. The van der Waals surface area contributed by atoms with Crippen molar-refractivity contribution < 1.29 is 14.6 Å². The summed E-state index contributed by atoms with van der Waals surface area (Å²) in [5.74, 6) is -0.486. The molecule has 0 saturated heterocycles. The standard InChI is InChI=1S/C11H15NO3/c1-7(11(13)14)6-9-8(2)10(15-3)4-5-12-9/h4-5,7H,6H2,1-3H3,(H,13,14). The zero-order chi connectivity index (χ0) is 11.4. The van der Waals surface area contributed by atoms with Crippen molar-refractivity contribution in [3.63, 3.8) is 0 Å². The average Bonchev–Trinajstić information content (AvgIpc) is 2.21. The first-order chi connectivity index (χ1) is 7.06. The van der Waals surface area contributed by atoms with Gasteiger partial charge in [0.15, 0.2) is 0 Å². The molecule has 1 unspecified atom stereocenters. The molecule has 0 spiro atoms. The van der Waals surface area contributed by atoms with Gasteiger partial charge in [0.25, 0.3) is 0 Å². The van der Waals surface area contributed by atoms with Crippen molar-refractivity contribution in [2.75, 3.05) is 7.11 Å². The van der Waals surface area contributed by atoms with Crippen molar-refractivity contribution in [3.05, 3.63) is 23.5 Å². The van der Waals surface area contributed by atoms with E-state index in [1.807, 2.05) is 6.92 Å². The van der Waals surface area contributed by atoms with Gasteiger partial charge in [-0.1, -0.05) is 6.92 Å². The molecule has 0 radical (unpaired) electrons. The highest BCUT2D eigenvalue weighted by molar-refractivity contribution is 5.69. The van der Waals surface area contributed by atoms with Gasteiger partial charge in [-0.2, -0.15) is 0 Å². The fourth-order valence-electron chi connectivity index (χ4n) is 1.36. The molecule has 15 heavy (non-hydrogen) atoms. The van der Waals surface area contributed by atoms with Crippen LogP contribution >= 0.6 is 0 Å². The van der Waals surface area contributed by atoms with Gasteiger partial charge >= 0.3 is 5.97 Å². The van der Waals surface area contributed by atoms with E-state index in [4.69, 9.17) is 9.84 Å². The molecule has 0 aromatic carbocycles. The summed E-state index contributed by atoms with van der Waals surface area (Å²) in [6, 6.07) is 1.77. The van der Waals surface area contributed by atoms with Gasteiger partial charge in [-0.25, -0.2) is 0 Å². The second-order valence-corrected chi connectivity index (χ2v) is 3.53. The van der Waals surface area contributed by atoms with E-state index in [0.29, 0.717) is 6.42 Å². The van der Waals surface area contributed by atoms with Crippen molar-refractivity contribution >= 4 is 5.97 Å². The molecular weight excluding hydrogens is 194 g/mol. The Hall–Kier alpha value is -1.58. The third kappa shape index (κ3) is 2.68. The summed E-state index contributed by atoms with van der Waals surface area (Å²) in [5, 5.41) is 8.80. The Morgan fingerprint density at radius 2 is 2.33 bits per heavy atom. The molecule has 4 heteroatoms. The number of aliphatic carboxylic acids is 1. The predicted molar refractivity (Wildman–Crippen MR) is 56.0 cm³/mol. The lowest BCUT2D eigenvalue weighted by Gasteiger charge is -2.11. The number of carboxylic acids is 1. The number of nitrogens with zero attached hydrogens (tertiary/aromatic N) is 1. The first kappa shape index (κ1) is 11.5. The normalized spacial score (nSPS) is 12.2. The summed E-state index contributed by atoms with van der Waals surface area (Å²) >= 11 is 0. The summed E-state index contributed by atoms with van der Waals surface area (Å²) in [4.78, 5) is 14.9. The number of aromatic nitrogens is 1. The maximum absolute atomic E-state index is 10.7. The van der Waals surface area contributed by atoms with Crippen LogP contribution < -0.4 is 4.74 Å². The Morgan fingerprint density at radius 3 is 2.87 bits per heavy atom. The summed E-state index contributed by atoms with van der Waals surface area (Å²) < 4.78 is 5.14. The summed E-state index contributed by atoms with van der Waals surface area (Å²) in [6.07, 6.45) is 2.06. The number of methoxy groups -OCH3 is 1. The molecule has 1 aromatic rings. The lowest BCUT2D eigenvalue weighted by atomic mass is 10.0. The fourth-order valence-corrected chi connectivity index (χ4v) is 1.36. The van der Waals surface area contributed by atoms with Gasteiger partial charge < -0.3 is 9.84 Å². The predicted octanol–water partition coefficient (Wildman–Crippen LogP) is 1.66. The highest BCUT2D eigenvalue weighted by Gasteiger charge is 2.15. The van der Waals surface area contributed by atoms with E-state index in [1.54, 1.807) is 26.3 Å². The van der Waals surface area contributed by atoms with Crippen LogP contribution in [0.25, 0.3) is 0 Å². The van der Waals surface area contributed by atoms with E-state index in [0.717, 1.165) is 17.0 Å². The van der Waals surface area contributed by atoms with E-state index < -0.39 is 11.9 Å². The Kier molecular flexibility index (Phi) is 3.66. The second-order valence-electron chi connectivity index (χ2n) is 3.53. The van der Waals surface area contributed by atoms with E-state index in [1.165, 1.54) is 0 Å². The van der Waals surface area contributed by atoms with E-state index in [9.17, 15) is 4.79 Å². The zero-order valence-electron chi connectivity index (χ0n) is 9.15. The van der Waals surface area contributed by atoms with Gasteiger partial charge in [0, 0.05) is 23.9 Å². The molecule has 0 aliphatic heterocycles. The van der Waals surface area contributed by atoms with Crippen LogP contribution in [0.5, 0.6) is 5.75 Å². The molecule has 0 saturated carbocycles. The number of rotatable bonds is 4. The average molecular weight is 209 g/mol. The number of hydrogen-bond acceptors (Lipinski definition) is 3. The van der Waals surface area contributed by atoms with Crippen molar-refractivity contribution in [3.8, 4) is 5.75 Å². The van der Waals surface area contributed by atoms with Crippen LogP contribution in [0.3, 0.4) is 0 Å². The topological polar surface area (TPSA) is 59.4 Å². The molecule has 4 nitrogen and oxygen atoms in total. The van der Waals surface area contributed by atoms with Crippen LogP contribution in [0.1, 0.15) is 18.2 Å². The molecule has 1 aromatic heterocycles. The quantitative estimate of drug-likeness (QED) is 0.819. The zero-order valence-corrected chi connectivity index (χ0v) is 9.15. The van der Waals surface area contributed by atoms with Crippen LogP contribution in [0.4, 0.5) is 0 Å². The highest BCUT2D eigenvalue weighted by atomic mass is 16.5. The van der Waals surface area contributed by atoms with Crippen LogP contribution in [0.2, 0.25) is 0 Å². The van der Waals surface area contributed by atoms with Crippen molar-refractivity contribution in [1.29, 1.82) is 0 Å². The van der Waals surface area contributed by atoms with Crippen LogP contribution in [0, 0.1) is 12.8 Å². The minimum atomic E-state index is -0.806. The fraction of sp³-hybridized carbons (Fsp3) is 0.455. The van der Waals surface area contributed by atoms with Gasteiger partial charge in [-0.05, 0) is 13.0 Å². The van der Waals surface area contributed by atoms with E-state index in [-0.39, 0.29) is 0 Å². The number of carbonyl (C=O) groups is 1. The lowest BCUT2D eigenvalue weighted by Crippen LogP contribution is -2.14. The molecule has 1 N–H and O–H groups in total. The molecule has 1 heterocycles. The van der Waals surface area contributed by atoms with Crippen molar-refractivity contribution in [2.45, 2.75) is 20.3 Å². The maximum Gasteiger partial charge on any atom is 0.306 e. The minimum absolute atomic E-state index is 0.427. The largest absolute Gasteiger partial charge is 0.496 e. The van der Waals surface area contributed by atoms with Gasteiger partial charge in [-0.3, -0.25) is 9.78 Å². The molecule has 0 amide bonds. The first-order valence-corrected chi connectivity index (χ1v) is 4.77. The molecule has 82 valence electrons. The van der Waals surface area contributed by atoms with E-state index >= 15 is 0 Å². The lowest BCUT2D eigenvalue weighted by molar-refractivity contribution is -0.141. The van der Waals surface area contributed by atoms with Crippen LogP contribution in [-0.4, -0.2) is 23.2 Å². The SMILES string of the molecule is COc1ccnc(CC(C)C(=O)O)c1C. The molecule has 0 aliphatic rings. The third-order valence-corrected chi connectivity index (χ3v) is 2.40. The highest BCUT2D eigenvalue weighted by Crippen LogP contribution is 2.20. The van der Waals surface area contributed by atoms with Gasteiger partial charge in [0.1, 0.15) is 5.75 Å². The van der Waals surface area contributed by atoms with Crippen LogP contribution in [0.15, 0.2) is 12.3 Å². The summed E-state index contributed by atoms with van der Waals surface area (Å²) in [6.45, 7) is 3.55. The number of ether oxygens (including phenoxy) is 1. The molecular formula is C11H15NO3. The van der Waals surface area contributed by atoms with Crippen molar-refractivity contribution in [1.82, 2.24) is 4.98 Å². The van der Waals surface area contributed by atoms with Crippen LogP contribution in [-0.2, 0) is 11.2 Å². The first-order valence-electron chi connectivity index (χ1n) is 4.77. The Balaban J connectivity index is 2.90. The number of pyridine rings is 1. The van der Waals surface area contributed by atoms with Gasteiger partial charge in [0.2, 0.25) is 0 Å². The molecule has 1 atom stereocenters. The minimum Gasteiger partial charge on any atom is -0.496 e. The monoisotopic (exact) mass is 209 g/mol. The number of carboxylic acid groups (broad SMARTS) is 1. The maximum atomic E-state index is 10.7. The third-order valence-electron chi connectivity index (χ3n) is 2.40. The smallest absolute Gasteiger partial charge is 0.306 e. The Labute approximate surface area is 88.9 Å².